The van der Waals surface area contributed by atoms with E-state index in [1.54, 1.807) is 35.9 Å². The highest BCUT2D eigenvalue weighted by Crippen LogP contribution is 2.21. The Labute approximate surface area is 178 Å². The van der Waals surface area contributed by atoms with Gasteiger partial charge in [0.2, 0.25) is 0 Å². The maximum Gasteiger partial charge on any atom is 0.276 e. The lowest BCUT2D eigenvalue weighted by molar-refractivity contribution is 0.0736. The van der Waals surface area contributed by atoms with Crippen LogP contribution in [0.1, 0.15) is 16.3 Å². The number of aryl methyl sites for hydroxylation is 1. The molecule has 0 atom stereocenters. The van der Waals surface area contributed by atoms with Crippen molar-refractivity contribution < 1.29 is 9.32 Å². The van der Waals surface area contributed by atoms with E-state index in [0.717, 1.165) is 17.2 Å². The first kappa shape index (κ1) is 18.9. The number of imidazole rings is 1. The topological polar surface area (TPSA) is 106 Å². The van der Waals surface area contributed by atoms with Crippen LogP contribution >= 0.6 is 0 Å². The molecule has 10 heteroatoms. The zero-order chi connectivity index (χ0) is 21.2. The van der Waals surface area contributed by atoms with E-state index in [0.29, 0.717) is 43.5 Å². The van der Waals surface area contributed by atoms with Crippen molar-refractivity contribution in [2.75, 3.05) is 31.1 Å². The number of nitrogens with zero attached hydrogens (tertiary/aromatic N) is 8. The first-order valence-corrected chi connectivity index (χ1v) is 9.93. The van der Waals surface area contributed by atoms with Gasteiger partial charge in [0.1, 0.15) is 23.8 Å². The van der Waals surface area contributed by atoms with Gasteiger partial charge in [-0.25, -0.2) is 15.0 Å². The second kappa shape index (κ2) is 7.98. The van der Waals surface area contributed by atoms with Gasteiger partial charge >= 0.3 is 0 Å². The number of pyridine rings is 1. The molecule has 0 radical (unpaired) electrons. The number of piperazine rings is 1. The SMILES string of the molecule is Cc1nc(N2CCN(C(=O)c3cc(-c4cccnc4)on3)CC2)cc(-n2ccnc2)n1. The van der Waals surface area contributed by atoms with Crippen LogP contribution in [0.5, 0.6) is 0 Å². The second-order valence-corrected chi connectivity index (χ2v) is 7.20. The number of hydrogen-bond donors (Lipinski definition) is 0. The van der Waals surface area contributed by atoms with Gasteiger partial charge < -0.3 is 14.3 Å². The highest BCUT2D eigenvalue weighted by molar-refractivity contribution is 5.93. The minimum atomic E-state index is -0.142. The largest absolute Gasteiger partial charge is 0.355 e. The molecule has 0 aromatic carbocycles. The Balaban J connectivity index is 1.27. The lowest BCUT2D eigenvalue weighted by Gasteiger charge is -2.35. The third kappa shape index (κ3) is 3.87. The van der Waals surface area contributed by atoms with Crippen molar-refractivity contribution in [1.82, 2.24) is 34.6 Å². The van der Waals surface area contributed by atoms with E-state index in [9.17, 15) is 4.79 Å². The Morgan fingerprint density at radius 1 is 1.03 bits per heavy atom. The van der Waals surface area contributed by atoms with Crippen molar-refractivity contribution in [3.05, 3.63) is 66.9 Å². The molecular weight excluding hydrogens is 396 g/mol. The first-order valence-electron chi connectivity index (χ1n) is 9.93. The molecule has 5 rings (SSSR count). The van der Waals surface area contributed by atoms with E-state index in [-0.39, 0.29) is 5.91 Å². The van der Waals surface area contributed by atoms with E-state index < -0.39 is 0 Å². The third-order valence-electron chi connectivity index (χ3n) is 5.15. The molecule has 156 valence electrons. The molecule has 0 N–H and O–H groups in total. The van der Waals surface area contributed by atoms with Crippen molar-refractivity contribution in [3.63, 3.8) is 0 Å². The minimum absolute atomic E-state index is 0.142. The Bertz CT molecular complexity index is 1180. The van der Waals surface area contributed by atoms with Gasteiger partial charge in [0, 0.05) is 68.7 Å². The van der Waals surface area contributed by atoms with Gasteiger partial charge in [-0.3, -0.25) is 14.3 Å². The van der Waals surface area contributed by atoms with Gasteiger partial charge in [-0.15, -0.1) is 0 Å². The predicted octanol–water partition coefficient (Wildman–Crippen LogP) is 1.98. The summed E-state index contributed by atoms with van der Waals surface area (Å²) < 4.78 is 7.19. The number of anilines is 1. The van der Waals surface area contributed by atoms with Gasteiger partial charge in [0.25, 0.3) is 5.91 Å². The average Bonchev–Trinajstić information content (AvgIpc) is 3.52. The monoisotopic (exact) mass is 416 g/mol. The summed E-state index contributed by atoms with van der Waals surface area (Å²) in [5.74, 6) is 2.67. The normalized spacial score (nSPS) is 14.1. The molecule has 4 aromatic rings. The van der Waals surface area contributed by atoms with Crippen molar-refractivity contribution in [3.8, 4) is 17.1 Å². The summed E-state index contributed by atoms with van der Waals surface area (Å²) in [6, 6.07) is 7.27. The van der Waals surface area contributed by atoms with Crippen LogP contribution in [-0.4, -0.2) is 66.6 Å². The predicted molar refractivity (Wildman–Crippen MR) is 112 cm³/mol. The van der Waals surface area contributed by atoms with Crippen molar-refractivity contribution in [2.24, 2.45) is 0 Å². The van der Waals surface area contributed by atoms with Gasteiger partial charge in [-0.2, -0.15) is 0 Å². The Kier molecular flexibility index (Phi) is 4.87. The first-order chi connectivity index (χ1) is 15.2. The molecule has 0 spiro atoms. The summed E-state index contributed by atoms with van der Waals surface area (Å²) in [6.07, 6.45) is 8.63. The fraction of sp³-hybridized carbons (Fsp3) is 0.238. The molecule has 1 saturated heterocycles. The van der Waals surface area contributed by atoms with E-state index in [2.05, 4.69) is 30.0 Å². The summed E-state index contributed by atoms with van der Waals surface area (Å²) in [5.41, 5.74) is 1.08. The summed E-state index contributed by atoms with van der Waals surface area (Å²) in [4.78, 5) is 34.0. The lowest BCUT2D eigenvalue weighted by Crippen LogP contribution is -2.49. The quantitative estimate of drug-likeness (QED) is 0.497. The molecular formula is C21H20N8O2. The number of aromatic nitrogens is 6. The standard InChI is InChI=1S/C21H20N8O2/c1-15-24-19(12-20(25-15)29-6-5-23-14-29)27-7-9-28(10-8-27)21(30)17-11-18(31-26-17)16-3-2-4-22-13-16/h2-6,11-14H,7-10H2,1H3. The average molecular weight is 416 g/mol. The summed E-state index contributed by atoms with van der Waals surface area (Å²) in [6.45, 7) is 4.33. The van der Waals surface area contributed by atoms with Crippen LogP contribution in [0.25, 0.3) is 17.1 Å². The molecule has 5 heterocycles. The van der Waals surface area contributed by atoms with Crippen LogP contribution in [0, 0.1) is 6.92 Å². The van der Waals surface area contributed by atoms with Gasteiger partial charge in [-0.1, -0.05) is 5.16 Å². The van der Waals surface area contributed by atoms with Crippen LogP contribution in [0.2, 0.25) is 0 Å². The number of amides is 1. The number of carbonyl (C=O) groups excluding carboxylic acids is 1. The molecule has 0 saturated carbocycles. The molecule has 0 unspecified atom stereocenters. The van der Waals surface area contributed by atoms with Gasteiger partial charge in [0.05, 0.1) is 0 Å². The Hall–Kier alpha value is -4.08. The maximum absolute atomic E-state index is 12.9. The van der Waals surface area contributed by atoms with E-state index in [1.165, 1.54) is 0 Å². The van der Waals surface area contributed by atoms with E-state index in [4.69, 9.17) is 4.52 Å². The second-order valence-electron chi connectivity index (χ2n) is 7.20. The minimum Gasteiger partial charge on any atom is -0.355 e. The molecule has 0 bridgehead atoms. The molecule has 4 aromatic heterocycles. The lowest BCUT2D eigenvalue weighted by atomic mass is 10.2. The Morgan fingerprint density at radius 2 is 1.87 bits per heavy atom. The molecule has 0 aliphatic carbocycles. The number of hydrogen-bond acceptors (Lipinski definition) is 8. The van der Waals surface area contributed by atoms with Crippen LogP contribution in [0.3, 0.4) is 0 Å². The molecule has 1 fully saturated rings. The van der Waals surface area contributed by atoms with Gasteiger partial charge in [0.15, 0.2) is 11.5 Å². The highest BCUT2D eigenvalue weighted by Gasteiger charge is 2.26. The van der Waals surface area contributed by atoms with E-state index >= 15 is 0 Å². The van der Waals surface area contributed by atoms with Crippen molar-refractivity contribution in [1.29, 1.82) is 0 Å². The fourth-order valence-electron chi connectivity index (χ4n) is 3.55. The van der Waals surface area contributed by atoms with E-state index in [1.807, 2.05) is 35.9 Å². The number of carbonyl (C=O) groups is 1. The maximum atomic E-state index is 12.9. The summed E-state index contributed by atoms with van der Waals surface area (Å²) in [7, 11) is 0. The summed E-state index contributed by atoms with van der Waals surface area (Å²) in [5, 5.41) is 3.96. The van der Waals surface area contributed by atoms with Gasteiger partial charge in [-0.05, 0) is 19.1 Å². The zero-order valence-electron chi connectivity index (χ0n) is 16.9. The zero-order valence-corrected chi connectivity index (χ0v) is 16.9. The third-order valence-corrected chi connectivity index (χ3v) is 5.15. The molecule has 1 aliphatic rings. The van der Waals surface area contributed by atoms with Crippen LogP contribution in [-0.2, 0) is 0 Å². The van der Waals surface area contributed by atoms with Crippen LogP contribution in [0.4, 0.5) is 5.82 Å². The Morgan fingerprint density at radius 3 is 2.61 bits per heavy atom. The van der Waals surface area contributed by atoms with Crippen LogP contribution < -0.4 is 4.90 Å². The van der Waals surface area contributed by atoms with Crippen LogP contribution in [0.15, 0.2) is 59.9 Å². The van der Waals surface area contributed by atoms with Crippen molar-refractivity contribution >= 4 is 11.7 Å². The highest BCUT2D eigenvalue weighted by atomic mass is 16.5. The molecule has 10 nitrogen and oxygen atoms in total. The summed E-state index contributed by atoms with van der Waals surface area (Å²) >= 11 is 0. The smallest absolute Gasteiger partial charge is 0.276 e. The molecule has 31 heavy (non-hydrogen) atoms. The van der Waals surface area contributed by atoms with Crippen molar-refractivity contribution in [2.45, 2.75) is 6.92 Å². The number of rotatable bonds is 4. The molecule has 1 amide bonds. The fourth-order valence-corrected chi connectivity index (χ4v) is 3.55. The molecule has 1 aliphatic heterocycles.